The van der Waals surface area contributed by atoms with Gasteiger partial charge < -0.3 is 5.73 Å². The Morgan fingerprint density at radius 1 is 1.27 bits per heavy atom. The number of hydrogen-bond acceptors (Lipinski definition) is 2. The minimum Gasteiger partial charge on any atom is -0.392 e. The van der Waals surface area contributed by atoms with Crippen LogP contribution in [-0.2, 0) is 0 Å². The molecule has 0 aliphatic heterocycles. The van der Waals surface area contributed by atoms with E-state index in [0.29, 0.717) is 11.0 Å². The third-order valence-corrected chi connectivity index (χ3v) is 3.81. The van der Waals surface area contributed by atoms with E-state index in [-0.39, 0.29) is 0 Å². The van der Waals surface area contributed by atoms with Gasteiger partial charge in [0.1, 0.15) is 0 Å². The maximum Gasteiger partial charge on any atom is 0.0901 e. The first-order valence-corrected chi connectivity index (χ1v) is 6.65. The van der Waals surface area contributed by atoms with E-state index in [2.05, 4.69) is 11.8 Å². The molecular formula is C12H22N2S. The Balaban J connectivity index is 1.90. The Kier molecular flexibility index (Phi) is 3.62. The Hall–Kier alpha value is -0.150. The van der Waals surface area contributed by atoms with E-state index < -0.39 is 0 Å². The lowest BCUT2D eigenvalue weighted by molar-refractivity contribution is 0.219. The van der Waals surface area contributed by atoms with Crippen molar-refractivity contribution >= 4 is 17.2 Å². The van der Waals surface area contributed by atoms with Gasteiger partial charge >= 0.3 is 0 Å². The van der Waals surface area contributed by atoms with Crippen molar-refractivity contribution in [1.82, 2.24) is 4.90 Å². The van der Waals surface area contributed by atoms with Crippen LogP contribution >= 0.6 is 12.2 Å². The molecule has 0 amide bonds. The monoisotopic (exact) mass is 226 g/mol. The predicted molar refractivity (Wildman–Crippen MR) is 67.9 cm³/mol. The van der Waals surface area contributed by atoms with Crippen molar-refractivity contribution in [2.45, 2.75) is 45.1 Å². The molecule has 0 aromatic carbocycles. The highest BCUT2D eigenvalue weighted by Crippen LogP contribution is 2.34. The van der Waals surface area contributed by atoms with Gasteiger partial charge in [-0.1, -0.05) is 19.1 Å². The molecular weight excluding hydrogens is 204 g/mol. The molecule has 0 heterocycles. The van der Waals surface area contributed by atoms with Gasteiger partial charge in [0.15, 0.2) is 0 Å². The second-order valence-electron chi connectivity index (χ2n) is 5.17. The lowest BCUT2D eigenvalue weighted by Crippen LogP contribution is -2.45. The fourth-order valence-corrected chi connectivity index (χ4v) is 2.55. The summed E-state index contributed by atoms with van der Waals surface area (Å²) in [6, 6.07) is 0.348. The molecule has 0 saturated heterocycles. The smallest absolute Gasteiger partial charge is 0.0901 e. The van der Waals surface area contributed by atoms with Crippen LogP contribution in [0.2, 0.25) is 0 Å². The first-order valence-electron chi connectivity index (χ1n) is 6.24. The van der Waals surface area contributed by atoms with Crippen molar-refractivity contribution in [3.8, 4) is 0 Å². The zero-order valence-corrected chi connectivity index (χ0v) is 10.4. The molecule has 0 radical (unpaired) electrons. The molecule has 2 aliphatic carbocycles. The van der Waals surface area contributed by atoms with Crippen LogP contribution in [0.5, 0.6) is 0 Å². The van der Waals surface area contributed by atoms with Gasteiger partial charge in [0.05, 0.1) is 11.0 Å². The number of nitrogens with zero attached hydrogens (tertiary/aromatic N) is 1. The summed E-state index contributed by atoms with van der Waals surface area (Å²) in [5.41, 5.74) is 5.83. The number of thiocarbonyl (C=S) groups is 1. The normalized spacial score (nSPS) is 23.1. The molecule has 15 heavy (non-hydrogen) atoms. The zero-order chi connectivity index (χ0) is 10.8. The topological polar surface area (TPSA) is 29.3 Å². The summed E-state index contributed by atoms with van der Waals surface area (Å²) in [6.45, 7) is 4.65. The van der Waals surface area contributed by atoms with Crippen LogP contribution in [0.15, 0.2) is 0 Å². The Morgan fingerprint density at radius 3 is 2.00 bits per heavy atom. The average molecular weight is 226 g/mol. The van der Waals surface area contributed by atoms with Crippen molar-refractivity contribution in [2.24, 2.45) is 17.6 Å². The molecule has 2 aliphatic rings. The molecule has 0 bridgehead atoms. The van der Waals surface area contributed by atoms with Gasteiger partial charge in [-0.2, -0.15) is 0 Å². The summed E-state index contributed by atoms with van der Waals surface area (Å²) in [6.07, 6.45) is 6.71. The molecule has 2 nitrogen and oxygen atoms in total. The highest BCUT2D eigenvalue weighted by atomic mass is 32.1. The van der Waals surface area contributed by atoms with Crippen LogP contribution in [0.3, 0.4) is 0 Å². The third-order valence-electron chi connectivity index (χ3n) is 3.54. The Bertz CT molecular complexity index is 220. The first kappa shape index (κ1) is 11.3. The molecule has 1 unspecified atom stereocenters. The molecule has 2 N–H and O–H groups in total. The quantitative estimate of drug-likeness (QED) is 0.675. The van der Waals surface area contributed by atoms with Gasteiger partial charge in [-0.15, -0.1) is 0 Å². The Morgan fingerprint density at radius 2 is 1.73 bits per heavy atom. The second kappa shape index (κ2) is 4.79. The van der Waals surface area contributed by atoms with Crippen LogP contribution in [0.1, 0.15) is 39.0 Å². The second-order valence-corrected chi connectivity index (χ2v) is 5.64. The number of hydrogen-bond donors (Lipinski definition) is 1. The van der Waals surface area contributed by atoms with E-state index in [4.69, 9.17) is 18.0 Å². The zero-order valence-electron chi connectivity index (χ0n) is 9.61. The maximum atomic E-state index is 5.83. The van der Waals surface area contributed by atoms with Crippen molar-refractivity contribution in [3.05, 3.63) is 0 Å². The summed E-state index contributed by atoms with van der Waals surface area (Å²) < 4.78 is 0. The standard InChI is InChI=1S/C12H22N2S/c1-2-11(12(13)15)14(7-9-3-4-9)8-10-5-6-10/h9-11H,2-8H2,1H3,(H2,13,15). The van der Waals surface area contributed by atoms with Crippen LogP contribution in [-0.4, -0.2) is 29.0 Å². The van der Waals surface area contributed by atoms with Crippen molar-refractivity contribution in [3.63, 3.8) is 0 Å². The molecule has 3 heteroatoms. The van der Waals surface area contributed by atoms with E-state index in [9.17, 15) is 0 Å². The highest BCUT2D eigenvalue weighted by Gasteiger charge is 2.32. The SMILES string of the molecule is CCC(C(N)=S)N(CC1CC1)CC1CC1. The van der Waals surface area contributed by atoms with E-state index in [1.165, 1.54) is 38.8 Å². The molecule has 2 rings (SSSR count). The third kappa shape index (κ3) is 3.42. The van der Waals surface area contributed by atoms with Gasteiger partial charge in [-0.05, 0) is 43.9 Å². The molecule has 86 valence electrons. The minimum absolute atomic E-state index is 0.348. The van der Waals surface area contributed by atoms with Gasteiger partial charge in [0, 0.05) is 13.1 Å². The minimum atomic E-state index is 0.348. The molecule has 2 saturated carbocycles. The fraction of sp³-hybridized carbons (Fsp3) is 0.917. The van der Waals surface area contributed by atoms with Gasteiger partial charge in [-0.3, -0.25) is 4.90 Å². The number of rotatable bonds is 7. The summed E-state index contributed by atoms with van der Waals surface area (Å²) >= 11 is 5.17. The highest BCUT2D eigenvalue weighted by molar-refractivity contribution is 7.80. The Labute approximate surface area is 98.2 Å². The van der Waals surface area contributed by atoms with Gasteiger partial charge in [0.2, 0.25) is 0 Å². The van der Waals surface area contributed by atoms with Gasteiger partial charge in [-0.25, -0.2) is 0 Å². The average Bonchev–Trinajstić information content (AvgIpc) is 2.98. The van der Waals surface area contributed by atoms with Crippen molar-refractivity contribution < 1.29 is 0 Å². The van der Waals surface area contributed by atoms with Crippen molar-refractivity contribution in [2.75, 3.05) is 13.1 Å². The summed E-state index contributed by atoms with van der Waals surface area (Å²) in [7, 11) is 0. The molecule has 1 atom stereocenters. The number of nitrogens with two attached hydrogens (primary N) is 1. The van der Waals surface area contributed by atoms with Crippen LogP contribution in [0.4, 0.5) is 0 Å². The summed E-state index contributed by atoms with van der Waals surface area (Å²) in [5, 5.41) is 0. The van der Waals surface area contributed by atoms with Crippen LogP contribution in [0.25, 0.3) is 0 Å². The van der Waals surface area contributed by atoms with E-state index in [0.717, 1.165) is 18.3 Å². The largest absolute Gasteiger partial charge is 0.392 e. The summed E-state index contributed by atoms with van der Waals surface area (Å²) in [5.74, 6) is 1.87. The molecule has 0 aromatic rings. The maximum absolute atomic E-state index is 5.83. The van der Waals surface area contributed by atoms with E-state index >= 15 is 0 Å². The van der Waals surface area contributed by atoms with Crippen molar-refractivity contribution in [1.29, 1.82) is 0 Å². The van der Waals surface area contributed by atoms with Gasteiger partial charge in [0.25, 0.3) is 0 Å². The molecule has 2 fully saturated rings. The molecule has 0 aromatic heterocycles. The molecule has 0 spiro atoms. The van der Waals surface area contributed by atoms with E-state index in [1.807, 2.05) is 0 Å². The first-order chi connectivity index (χ1) is 7.20. The van der Waals surface area contributed by atoms with Crippen LogP contribution < -0.4 is 5.73 Å². The summed E-state index contributed by atoms with van der Waals surface area (Å²) in [4.78, 5) is 3.25. The van der Waals surface area contributed by atoms with E-state index in [1.54, 1.807) is 0 Å². The lowest BCUT2D eigenvalue weighted by atomic mass is 10.1. The predicted octanol–water partition coefficient (Wildman–Crippen LogP) is 2.17. The fourth-order valence-electron chi connectivity index (χ4n) is 2.23. The van der Waals surface area contributed by atoms with Crippen LogP contribution in [0, 0.1) is 11.8 Å². The lowest BCUT2D eigenvalue weighted by Gasteiger charge is -2.30.